The molecule has 2 rings (SSSR count). The van der Waals surface area contributed by atoms with Gasteiger partial charge >= 0.3 is 0 Å². The van der Waals surface area contributed by atoms with Crippen molar-refractivity contribution in [3.8, 4) is 5.75 Å². The zero-order valence-corrected chi connectivity index (χ0v) is 14.7. The number of methoxy groups -OCH3 is 1. The maximum Gasteiger partial charge on any atom is 0.133 e. The van der Waals surface area contributed by atoms with Crippen LogP contribution in [0.5, 0.6) is 5.75 Å². The first kappa shape index (κ1) is 16.3. The standard InChI is InChI=1S/C15H19BrClN3O/c1-4-7-18-14(15-12(17)9-19-20(15)2)10-5-6-13(21-3)11(16)8-10/h5-6,8-9,14,18H,4,7H2,1-3H3. The molecule has 0 saturated heterocycles. The molecule has 114 valence electrons. The van der Waals surface area contributed by atoms with Crippen LogP contribution in [0.3, 0.4) is 0 Å². The van der Waals surface area contributed by atoms with Crippen LogP contribution in [0.1, 0.15) is 30.6 Å². The Balaban J connectivity index is 2.43. The van der Waals surface area contributed by atoms with E-state index in [0.29, 0.717) is 5.02 Å². The highest BCUT2D eigenvalue weighted by Gasteiger charge is 2.21. The van der Waals surface area contributed by atoms with Gasteiger partial charge in [0.05, 0.1) is 34.5 Å². The van der Waals surface area contributed by atoms with Crippen molar-refractivity contribution in [2.45, 2.75) is 19.4 Å². The van der Waals surface area contributed by atoms with Crippen LogP contribution in [0.2, 0.25) is 5.02 Å². The Morgan fingerprint density at radius 3 is 2.76 bits per heavy atom. The fraction of sp³-hybridized carbons (Fsp3) is 0.400. The maximum absolute atomic E-state index is 6.31. The third-order valence-corrected chi connectivity index (χ3v) is 4.23. The smallest absolute Gasteiger partial charge is 0.133 e. The Morgan fingerprint density at radius 2 is 2.24 bits per heavy atom. The van der Waals surface area contributed by atoms with Gasteiger partial charge in [-0.15, -0.1) is 0 Å². The number of hydrogen-bond acceptors (Lipinski definition) is 3. The van der Waals surface area contributed by atoms with E-state index < -0.39 is 0 Å². The third-order valence-electron chi connectivity index (χ3n) is 3.32. The van der Waals surface area contributed by atoms with Gasteiger partial charge in [0.1, 0.15) is 5.75 Å². The second kappa shape index (κ2) is 7.29. The predicted octanol–water partition coefficient (Wildman–Crippen LogP) is 3.93. The summed E-state index contributed by atoms with van der Waals surface area (Å²) in [5.41, 5.74) is 2.07. The molecule has 1 unspecified atom stereocenters. The predicted molar refractivity (Wildman–Crippen MR) is 89.0 cm³/mol. The molecule has 0 amide bonds. The summed E-state index contributed by atoms with van der Waals surface area (Å²) >= 11 is 9.84. The fourth-order valence-electron chi connectivity index (χ4n) is 2.27. The minimum Gasteiger partial charge on any atom is -0.496 e. The molecule has 1 aromatic carbocycles. The normalized spacial score (nSPS) is 12.4. The zero-order chi connectivity index (χ0) is 15.4. The highest BCUT2D eigenvalue weighted by Crippen LogP contribution is 2.32. The van der Waals surface area contributed by atoms with Gasteiger partial charge in [-0.05, 0) is 46.6 Å². The molecule has 21 heavy (non-hydrogen) atoms. The van der Waals surface area contributed by atoms with Gasteiger partial charge in [-0.2, -0.15) is 5.10 Å². The van der Waals surface area contributed by atoms with E-state index in [-0.39, 0.29) is 6.04 Å². The number of aryl methyl sites for hydroxylation is 1. The first-order chi connectivity index (χ1) is 10.1. The number of nitrogens with zero attached hydrogens (tertiary/aromatic N) is 2. The molecule has 0 spiro atoms. The lowest BCUT2D eigenvalue weighted by molar-refractivity contribution is 0.411. The number of benzene rings is 1. The molecule has 1 N–H and O–H groups in total. The van der Waals surface area contributed by atoms with Gasteiger partial charge in [-0.25, -0.2) is 0 Å². The van der Waals surface area contributed by atoms with E-state index in [2.05, 4.69) is 39.3 Å². The van der Waals surface area contributed by atoms with Crippen LogP contribution in [-0.4, -0.2) is 23.4 Å². The topological polar surface area (TPSA) is 39.1 Å². The van der Waals surface area contributed by atoms with Crippen LogP contribution in [0.25, 0.3) is 0 Å². The molecular formula is C15H19BrClN3O. The first-order valence-corrected chi connectivity index (χ1v) is 7.99. The van der Waals surface area contributed by atoms with E-state index in [4.69, 9.17) is 16.3 Å². The largest absolute Gasteiger partial charge is 0.496 e. The molecule has 0 saturated carbocycles. The van der Waals surface area contributed by atoms with E-state index in [9.17, 15) is 0 Å². The van der Waals surface area contributed by atoms with Crippen molar-refractivity contribution in [1.82, 2.24) is 15.1 Å². The molecule has 6 heteroatoms. The minimum absolute atomic E-state index is 0.00726. The van der Waals surface area contributed by atoms with E-state index >= 15 is 0 Å². The molecule has 2 aromatic rings. The number of aromatic nitrogens is 2. The minimum atomic E-state index is -0.00726. The van der Waals surface area contributed by atoms with Crippen LogP contribution < -0.4 is 10.1 Å². The van der Waals surface area contributed by atoms with Gasteiger partial charge in [0.2, 0.25) is 0 Å². The Bertz CT molecular complexity index is 595. The summed E-state index contributed by atoms with van der Waals surface area (Å²) in [5.74, 6) is 0.809. The van der Waals surface area contributed by atoms with Gasteiger partial charge in [0.25, 0.3) is 0 Å². The summed E-state index contributed by atoms with van der Waals surface area (Å²) in [6, 6.07) is 6.03. The lowest BCUT2D eigenvalue weighted by Crippen LogP contribution is -2.25. The first-order valence-electron chi connectivity index (χ1n) is 6.82. The van der Waals surface area contributed by atoms with Crippen molar-refractivity contribution in [3.05, 3.63) is 45.1 Å². The third kappa shape index (κ3) is 3.59. The van der Waals surface area contributed by atoms with Crippen molar-refractivity contribution in [1.29, 1.82) is 0 Å². The molecule has 4 nitrogen and oxygen atoms in total. The number of halogens is 2. The Kier molecular flexibility index (Phi) is 5.67. The maximum atomic E-state index is 6.31. The molecule has 0 aliphatic heterocycles. The second-order valence-corrected chi connectivity index (χ2v) is 6.04. The SMILES string of the molecule is CCCNC(c1ccc(OC)c(Br)c1)c1c(Cl)cnn1C. The van der Waals surface area contributed by atoms with E-state index in [0.717, 1.165) is 34.4 Å². The molecule has 1 heterocycles. The highest BCUT2D eigenvalue weighted by atomic mass is 79.9. The molecular weight excluding hydrogens is 354 g/mol. The fourth-order valence-corrected chi connectivity index (χ4v) is 3.10. The quantitative estimate of drug-likeness (QED) is 0.835. The van der Waals surface area contributed by atoms with Crippen LogP contribution in [-0.2, 0) is 7.05 Å². The van der Waals surface area contributed by atoms with E-state index in [1.807, 2.05) is 23.9 Å². The summed E-state index contributed by atoms with van der Waals surface area (Å²) in [4.78, 5) is 0. The van der Waals surface area contributed by atoms with Crippen molar-refractivity contribution in [3.63, 3.8) is 0 Å². The van der Waals surface area contributed by atoms with Crippen molar-refractivity contribution in [2.75, 3.05) is 13.7 Å². The van der Waals surface area contributed by atoms with E-state index in [1.165, 1.54) is 0 Å². The average molecular weight is 373 g/mol. The lowest BCUT2D eigenvalue weighted by Gasteiger charge is -2.21. The number of ether oxygens (including phenoxy) is 1. The average Bonchev–Trinajstić information content (AvgIpc) is 2.80. The number of hydrogen-bond donors (Lipinski definition) is 1. The molecule has 0 aliphatic carbocycles. The van der Waals surface area contributed by atoms with Crippen molar-refractivity contribution in [2.24, 2.45) is 7.05 Å². The molecule has 1 aromatic heterocycles. The second-order valence-electron chi connectivity index (χ2n) is 4.78. The van der Waals surface area contributed by atoms with E-state index in [1.54, 1.807) is 13.3 Å². The summed E-state index contributed by atoms with van der Waals surface area (Å²) in [7, 11) is 3.56. The number of nitrogens with one attached hydrogen (secondary N) is 1. The molecule has 1 atom stereocenters. The molecule has 0 bridgehead atoms. The van der Waals surface area contributed by atoms with Crippen LogP contribution in [0.15, 0.2) is 28.9 Å². The molecule has 0 fully saturated rings. The van der Waals surface area contributed by atoms with Crippen LogP contribution in [0.4, 0.5) is 0 Å². The van der Waals surface area contributed by atoms with Gasteiger partial charge < -0.3 is 10.1 Å². The van der Waals surface area contributed by atoms with Gasteiger partial charge in [0, 0.05) is 7.05 Å². The van der Waals surface area contributed by atoms with Crippen LogP contribution >= 0.6 is 27.5 Å². The summed E-state index contributed by atoms with van der Waals surface area (Å²) in [5, 5.41) is 8.43. The Hall–Kier alpha value is -1.04. The highest BCUT2D eigenvalue weighted by molar-refractivity contribution is 9.10. The Labute approximate surface area is 138 Å². The van der Waals surface area contributed by atoms with Gasteiger partial charge in [-0.1, -0.05) is 24.6 Å². The van der Waals surface area contributed by atoms with Gasteiger partial charge in [-0.3, -0.25) is 4.68 Å². The van der Waals surface area contributed by atoms with Crippen molar-refractivity contribution >= 4 is 27.5 Å². The summed E-state index contributed by atoms with van der Waals surface area (Å²) in [6.45, 7) is 3.04. The molecule has 0 aliphatic rings. The van der Waals surface area contributed by atoms with Gasteiger partial charge in [0.15, 0.2) is 0 Å². The zero-order valence-electron chi connectivity index (χ0n) is 12.4. The molecule has 0 radical (unpaired) electrons. The van der Waals surface area contributed by atoms with Crippen LogP contribution in [0, 0.1) is 0 Å². The number of rotatable bonds is 6. The summed E-state index contributed by atoms with van der Waals surface area (Å²) < 4.78 is 8.02. The Morgan fingerprint density at radius 1 is 1.48 bits per heavy atom. The van der Waals surface area contributed by atoms with Crippen molar-refractivity contribution < 1.29 is 4.74 Å². The summed E-state index contributed by atoms with van der Waals surface area (Å²) in [6.07, 6.45) is 2.72. The lowest BCUT2D eigenvalue weighted by atomic mass is 10.0. The monoisotopic (exact) mass is 371 g/mol.